The van der Waals surface area contributed by atoms with Gasteiger partial charge in [-0.25, -0.2) is 0 Å². The van der Waals surface area contributed by atoms with Gasteiger partial charge >= 0.3 is 5.97 Å². The number of nitrogens with two attached hydrogens (primary N) is 1. The van der Waals surface area contributed by atoms with Gasteiger partial charge in [0.05, 0.1) is 17.5 Å². The van der Waals surface area contributed by atoms with Crippen LogP contribution in [0.15, 0.2) is 22.7 Å². The van der Waals surface area contributed by atoms with Gasteiger partial charge in [-0.3, -0.25) is 4.79 Å². The Morgan fingerprint density at radius 3 is 2.59 bits per heavy atom. The van der Waals surface area contributed by atoms with Crippen molar-refractivity contribution in [1.82, 2.24) is 0 Å². The number of benzene rings is 1. The Kier molecular flexibility index (Phi) is 4.58. The maximum Gasteiger partial charge on any atom is 0.313 e. The van der Waals surface area contributed by atoms with E-state index in [1.54, 1.807) is 19.9 Å². The van der Waals surface area contributed by atoms with Crippen molar-refractivity contribution in [2.45, 2.75) is 19.9 Å². The molecule has 0 heterocycles. The lowest BCUT2D eigenvalue weighted by Crippen LogP contribution is -2.37. The van der Waals surface area contributed by atoms with Crippen LogP contribution in [-0.2, 0) is 9.53 Å². The number of esters is 1. The van der Waals surface area contributed by atoms with Crippen LogP contribution in [0.5, 0.6) is 0 Å². The summed E-state index contributed by atoms with van der Waals surface area (Å²) >= 11 is 9.24. The standard InChI is InChI=1S/C12H15BrClNO2/c1-12(2,11(16)17-3)10(15)7-4-5-9(14)8(13)6-7/h4-6,10H,15H2,1-3H3/t10-/m0/s1. The first-order valence-corrected chi connectivity index (χ1v) is 6.26. The van der Waals surface area contributed by atoms with Crippen LogP contribution in [0.3, 0.4) is 0 Å². The second-order valence-electron chi connectivity index (χ2n) is 4.36. The summed E-state index contributed by atoms with van der Waals surface area (Å²) in [5.74, 6) is -0.337. The number of carbonyl (C=O) groups excluding carboxylic acids is 1. The van der Waals surface area contributed by atoms with Gasteiger partial charge in [-0.1, -0.05) is 17.7 Å². The molecule has 0 saturated heterocycles. The van der Waals surface area contributed by atoms with Crippen LogP contribution in [0.2, 0.25) is 5.02 Å². The van der Waals surface area contributed by atoms with E-state index in [4.69, 9.17) is 22.1 Å². The molecule has 1 aromatic rings. The number of hydrogen-bond acceptors (Lipinski definition) is 3. The second kappa shape index (κ2) is 5.38. The van der Waals surface area contributed by atoms with E-state index >= 15 is 0 Å². The molecule has 0 aliphatic rings. The third kappa shape index (κ3) is 3.00. The summed E-state index contributed by atoms with van der Waals surface area (Å²) in [6.07, 6.45) is 0. The molecule has 0 unspecified atom stereocenters. The molecule has 1 atom stereocenters. The fourth-order valence-electron chi connectivity index (χ4n) is 1.51. The zero-order chi connectivity index (χ0) is 13.2. The molecule has 2 N–H and O–H groups in total. The van der Waals surface area contributed by atoms with Crippen LogP contribution in [0.1, 0.15) is 25.5 Å². The van der Waals surface area contributed by atoms with Crippen molar-refractivity contribution in [2.24, 2.45) is 11.1 Å². The minimum Gasteiger partial charge on any atom is -0.469 e. The fraction of sp³-hybridized carbons (Fsp3) is 0.417. The molecule has 1 rings (SSSR count). The maximum atomic E-state index is 11.7. The van der Waals surface area contributed by atoms with Crippen molar-refractivity contribution in [3.05, 3.63) is 33.3 Å². The first-order valence-electron chi connectivity index (χ1n) is 5.09. The van der Waals surface area contributed by atoms with Gasteiger partial charge in [0.15, 0.2) is 0 Å². The van der Waals surface area contributed by atoms with Crippen LogP contribution < -0.4 is 5.73 Å². The Balaban J connectivity index is 3.07. The summed E-state index contributed by atoms with van der Waals surface area (Å²) in [5.41, 5.74) is 6.14. The molecule has 5 heteroatoms. The van der Waals surface area contributed by atoms with Gasteiger partial charge in [-0.05, 0) is 47.5 Å². The molecule has 94 valence electrons. The molecule has 0 aliphatic heterocycles. The van der Waals surface area contributed by atoms with Crippen LogP contribution in [-0.4, -0.2) is 13.1 Å². The second-order valence-corrected chi connectivity index (χ2v) is 5.63. The molecule has 0 aliphatic carbocycles. The van der Waals surface area contributed by atoms with Crippen molar-refractivity contribution >= 4 is 33.5 Å². The highest BCUT2D eigenvalue weighted by Gasteiger charge is 2.36. The van der Waals surface area contributed by atoms with E-state index in [1.807, 2.05) is 12.1 Å². The predicted molar refractivity (Wildman–Crippen MR) is 71.9 cm³/mol. The monoisotopic (exact) mass is 319 g/mol. The highest BCUT2D eigenvalue weighted by Crippen LogP contribution is 2.35. The summed E-state index contributed by atoms with van der Waals surface area (Å²) in [7, 11) is 1.36. The van der Waals surface area contributed by atoms with Crippen LogP contribution in [0.25, 0.3) is 0 Å². The Hall–Kier alpha value is -0.580. The van der Waals surface area contributed by atoms with Gasteiger partial charge in [0, 0.05) is 10.5 Å². The largest absolute Gasteiger partial charge is 0.469 e. The van der Waals surface area contributed by atoms with Crippen molar-refractivity contribution in [1.29, 1.82) is 0 Å². The highest BCUT2D eigenvalue weighted by molar-refractivity contribution is 9.10. The SMILES string of the molecule is COC(=O)C(C)(C)[C@@H](N)c1ccc(Cl)c(Br)c1. The van der Waals surface area contributed by atoms with E-state index in [-0.39, 0.29) is 5.97 Å². The van der Waals surface area contributed by atoms with Gasteiger partial charge in [-0.15, -0.1) is 0 Å². The first-order chi connectivity index (χ1) is 7.80. The summed E-state index contributed by atoms with van der Waals surface area (Å²) in [5, 5.41) is 0.608. The van der Waals surface area contributed by atoms with E-state index in [0.717, 1.165) is 10.0 Å². The fourth-order valence-corrected chi connectivity index (χ4v) is 2.03. The lowest BCUT2D eigenvalue weighted by Gasteiger charge is -2.29. The average molecular weight is 321 g/mol. The zero-order valence-electron chi connectivity index (χ0n) is 9.96. The first kappa shape index (κ1) is 14.5. The Morgan fingerprint density at radius 1 is 1.53 bits per heavy atom. The molecule has 0 fully saturated rings. The van der Waals surface area contributed by atoms with Crippen molar-refractivity contribution in [2.75, 3.05) is 7.11 Å². The minimum absolute atomic E-state index is 0.337. The average Bonchev–Trinajstić information content (AvgIpc) is 2.30. The molecule has 0 radical (unpaired) electrons. The molecule has 0 bridgehead atoms. The van der Waals surface area contributed by atoms with E-state index < -0.39 is 11.5 Å². The van der Waals surface area contributed by atoms with Crippen molar-refractivity contribution in [3.8, 4) is 0 Å². The molecule has 0 amide bonds. The number of hydrogen-bond donors (Lipinski definition) is 1. The lowest BCUT2D eigenvalue weighted by atomic mass is 9.81. The van der Waals surface area contributed by atoms with Gasteiger partial charge in [0.25, 0.3) is 0 Å². The van der Waals surface area contributed by atoms with E-state index in [1.165, 1.54) is 7.11 Å². The topological polar surface area (TPSA) is 52.3 Å². The zero-order valence-corrected chi connectivity index (χ0v) is 12.3. The van der Waals surface area contributed by atoms with Crippen LogP contribution in [0, 0.1) is 5.41 Å². The molecular formula is C12H15BrClNO2. The smallest absolute Gasteiger partial charge is 0.313 e. The molecular weight excluding hydrogens is 305 g/mol. The Bertz CT molecular complexity index is 435. The van der Waals surface area contributed by atoms with E-state index in [0.29, 0.717) is 5.02 Å². The van der Waals surface area contributed by atoms with Crippen LogP contribution >= 0.6 is 27.5 Å². The number of halogens is 2. The number of methoxy groups -OCH3 is 1. The summed E-state index contributed by atoms with van der Waals surface area (Å²) in [4.78, 5) is 11.7. The molecule has 17 heavy (non-hydrogen) atoms. The molecule has 3 nitrogen and oxygen atoms in total. The lowest BCUT2D eigenvalue weighted by molar-refractivity contribution is -0.152. The van der Waals surface area contributed by atoms with Gasteiger partial charge in [-0.2, -0.15) is 0 Å². The molecule has 0 aromatic heterocycles. The highest BCUT2D eigenvalue weighted by atomic mass is 79.9. The molecule has 0 spiro atoms. The Labute approximate surface area is 114 Å². The number of ether oxygens (including phenoxy) is 1. The summed E-state index contributed by atoms with van der Waals surface area (Å²) < 4.78 is 5.51. The van der Waals surface area contributed by atoms with Crippen LogP contribution in [0.4, 0.5) is 0 Å². The van der Waals surface area contributed by atoms with Crippen molar-refractivity contribution < 1.29 is 9.53 Å². The van der Waals surface area contributed by atoms with E-state index in [2.05, 4.69) is 15.9 Å². The van der Waals surface area contributed by atoms with E-state index in [9.17, 15) is 4.79 Å². The normalized spacial score (nSPS) is 13.3. The Morgan fingerprint density at radius 2 is 2.12 bits per heavy atom. The maximum absolute atomic E-state index is 11.7. The van der Waals surface area contributed by atoms with Crippen molar-refractivity contribution in [3.63, 3.8) is 0 Å². The molecule has 1 aromatic carbocycles. The van der Waals surface area contributed by atoms with Gasteiger partial charge in [0.1, 0.15) is 0 Å². The third-order valence-corrected chi connectivity index (χ3v) is 4.01. The molecule has 0 saturated carbocycles. The predicted octanol–water partition coefficient (Wildman–Crippen LogP) is 3.30. The third-order valence-electron chi connectivity index (χ3n) is 2.79. The minimum atomic E-state index is -0.790. The van der Waals surface area contributed by atoms with Gasteiger partial charge in [0.2, 0.25) is 0 Å². The number of carbonyl (C=O) groups is 1. The summed E-state index contributed by atoms with van der Waals surface area (Å²) in [6, 6.07) is 4.91. The quantitative estimate of drug-likeness (QED) is 0.869. The number of rotatable bonds is 3. The summed E-state index contributed by atoms with van der Waals surface area (Å²) in [6.45, 7) is 3.51. The van der Waals surface area contributed by atoms with Gasteiger partial charge < -0.3 is 10.5 Å².